The molecule has 1 amide bonds. The Bertz CT molecular complexity index is 1100. The van der Waals surface area contributed by atoms with Crippen LogP contribution in [-0.4, -0.2) is 22.2 Å². The summed E-state index contributed by atoms with van der Waals surface area (Å²) < 4.78 is 0. The van der Waals surface area contributed by atoms with Crippen LogP contribution in [0, 0.1) is 5.92 Å². The first-order chi connectivity index (χ1) is 13.1. The average Bonchev–Trinajstić information content (AvgIpc) is 3.50. The van der Waals surface area contributed by atoms with Crippen LogP contribution in [0.3, 0.4) is 0 Å². The maximum Gasteiger partial charge on any atom is 0.258 e. The number of rotatable bonds is 5. The van der Waals surface area contributed by atoms with Crippen LogP contribution < -0.4 is 10.9 Å². The van der Waals surface area contributed by atoms with Crippen molar-refractivity contribution in [1.29, 1.82) is 0 Å². The van der Waals surface area contributed by atoms with E-state index in [2.05, 4.69) is 15.3 Å². The van der Waals surface area contributed by atoms with Gasteiger partial charge in [-0.1, -0.05) is 30.3 Å². The number of hydrogen-bond acceptors (Lipinski definition) is 4. The molecule has 27 heavy (non-hydrogen) atoms. The van der Waals surface area contributed by atoms with Gasteiger partial charge in [-0.05, 0) is 36.6 Å². The second-order valence-electron chi connectivity index (χ2n) is 6.70. The first kappa shape index (κ1) is 17.0. The van der Waals surface area contributed by atoms with Gasteiger partial charge in [0.2, 0.25) is 11.8 Å². The Morgan fingerprint density at radius 2 is 1.96 bits per heavy atom. The molecule has 0 radical (unpaired) electrons. The smallest absolute Gasteiger partial charge is 0.258 e. The van der Waals surface area contributed by atoms with Gasteiger partial charge in [0.1, 0.15) is 0 Å². The Morgan fingerprint density at radius 1 is 1.19 bits per heavy atom. The molecule has 3 N–H and O–H groups in total. The van der Waals surface area contributed by atoms with E-state index >= 15 is 0 Å². The van der Waals surface area contributed by atoms with Gasteiger partial charge >= 0.3 is 0 Å². The molecule has 2 aromatic carbocycles. The third kappa shape index (κ3) is 3.74. The number of carbonyl (C=O) groups is 1. The van der Waals surface area contributed by atoms with Crippen molar-refractivity contribution in [3.05, 3.63) is 70.0 Å². The minimum absolute atomic E-state index is 0.0697. The summed E-state index contributed by atoms with van der Waals surface area (Å²) in [6, 6.07) is 14.6. The summed E-state index contributed by atoms with van der Waals surface area (Å²) in [5.74, 6) is 0.0244. The molecule has 1 aliphatic rings. The van der Waals surface area contributed by atoms with Crippen LogP contribution >= 0.6 is 0 Å². The number of anilines is 1. The van der Waals surface area contributed by atoms with Crippen molar-refractivity contribution in [3.8, 4) is 5.88 Å². The first-order valence-electron chi connectivity index (χ1n) is 8.85. The van der Waals surface area contributed by atoms with Crippen LogP contribution in [0.2, 0.25) is 0 Å². The van der Waals surface area contributed by atoms with Crippen molar-refractivity contribution in [2.24, 2.45) is 10.9 Å². The second-order valence-corrected chi connectivity index (χ2v) is 6.70. The largest absolute Gasteiger partial charge is 0.494 e. The first-order valence-corrected chi connectivity index (χ1v) is 8.85. The molecular formula is C21H19N3O3. The number of pyridine rings is 1. The lowest BCUT2D eigenvalue weighted by atomic mass is 10.1. The van der Waals surface area contributed by atoms with Gasteiger partial charge in [0.15, 0.2) is 0 Å². The number of nitrogens with zero attached hydrogens (tertiary/aromatic N) is 1. The molecule has 6 heteroatoms. The Hall–Kier alpha value is -3.41. The van der Waals surface area contributed by atoms with Crippen LogP contribution in [0.1, 0.15) is 24.0 Å². The fraction of sp³-hybridized carbons (Fsp3) is 0.190. The Balaban J connectivity index is 1.54. The molecule has 1 aromatic heterocycles. The molecule has 1 saturated carbocycles. The summed E-state index contributed by atoms with van der Waals surface area (Å²) in [6.07, 6.45) is 3.49. The number of benzene rings is 2. The van der Waals surface area contributed by atoms with E-state index in [4.69, 9.17) is 0 Å². The van der Waals surface area contributed by atoms with E-state index in [1.54, 1.807) is 24.4 Å². The molecule has 4 rings (SSSR count). The van der Waals surface area contributed by atoms with Crippen LogP contribution in [-0.2, 0) is 11.3 Å². The van der Waals surface area contributed by atoms with Crippen LogP contribution in [0.15, 0.2) is 58.3 Å². The molecule has 1 fully saturated rings. The van der Waals surface area contributed by atoms with Gasteiger partial charge in [0, 0.05) is 28.6 Å². The molecule has 0 aliphatic heterocycles. The third-order valence-corrected chi connectivity index (χ3v) is 4.59. The highest BCUT2D eigenvalue weighted by molar-refractivity contribution is 6.01. The molecule has 0 bridgehead atoms. The topological polar surface area (TPSA) is 94.5 Å². The van der Waals surface area contributed by atoms with Gasteiger partial charge in [-0.2, -0.15) is 0 Å². The summed E-state index contributed by atoms with van der Waals surface area (Å²) in [6.45, 7) is 0.389. The van der Waals surface area contributed by atoms with Gasteiger partial charge in [0.25, 0.3) is 5.56 Å². The number of hydrogen-bond donors (Lipinski definition) is 3. The molecule has 1 heterocycles. The predicted octanol–water partition coefficient (Wildman–Crippen LogP) is 3.20. The number of amides is 1. The number of aliphatic imine (C=N–C) groups is 1. The van der Waals surface area contributed by atoms with Crippen LogP contribution in [0.4, 0.5) is 5.69 Å². The number of aromatic nitrogens is 1. The van der Waals surface area contributed by atoms with Crippen LogP contribution in [0.5, 0.6) is 5.88 Å². The second kappa shape index (κ2) is 7.07. The number of nitrogens with one attached hydrogen (secondary N) is 2. The van der Waals surface area contributed by atoms with E-state index < -0.39 is 0 Å². The minimum atomic E-state index is -0.334. The lowest BCUT2D eigenvalue weighted by Gasteiger charge is -2.06. The van der Waals surface area contributed by atoms with Crippen molar-refractivity contribution in [2.75, 3.05) is 5.32 Å². The minimum Gasteiger partial charge on any atom is -0.494 e. The van der Waals surface area contributed by atoms with E-state index in [0.29, 0.717) is 22.9 Å². The lowest BCUT2D eigenvalue weighted by molar-refractivity contribution is -0.117. The molecular weight excluding hydrogens is 342 g/mol. The van der Waals surface area contributed by atoms with E-state index in [9.17, 15) is 14.7 Å². The number of aromatic amines is 1. The quantitative estimate of drug-likeness (QED) is 0.609. The normalized spacial score (nSPS) is 13.9. The highest BCUT2D eigenvalue weighted by Crippen LogP contribution is 2.30. The zero-order valence-corrected chi connectivity index (χ0v) is 14.6. The maximum absolute atomic E-state index is 11.9. The summed E-state index contributed by atoms with van der Waals surface area (Å²) in [5, 5.41) is 14.2. The molecule has 0 unspecified atom stereocenters. The lowest BCUT2D eigenvalue weighted by Crippen LogP contribution is -2.13. The van der Waals surface area contributed by atoms with Crippen molar-refractivity contribution in [3.63, 3.8) is 0 Å². The van der Waals surface area contributed by atoms with E-state index in [1.807, 2.05) is 30.3 Å². The summed E-state index contributed by atoms with van der Waals surface area (Å²) in [4.78, 5) is 30.6. The highest BCUT2D eigenvalue weighted by Gasteiger charge is 2.29. The zero-order valence-electron chi connectivity index (χ0n) is 14.6. The fourth-order valence-corrected chi connectivity index (χ4v) is 3.00. The third-order valence-electron chi connectivity index (χ3n) is 4.59. The summed E-state index contributed by atoms with van der Waals surface area (Å²) in [7, 11) is 0. The SMILES string of the molecule is O=C(Nc1cccc(CN=Cc2c(O)[nH]c(=O)c3ccccc23)c1)C1CC1. The molecule has 0 spiro atoms. The average molecular weight is 361 g/mol. The standard InChI is InChI=1S/C21H19N3O3/c25-19(14-8-9-14)23-15-5-3-4-13(10-15)11-22-12-18-16-6-1-2-7-17(16)20(26)24-21(18)27/h1-7,10,12,14H,8-9,11H2,(H,23,25)(H2,24,26,27). The number of aromatic hydroxyl groups is 1. The van der Waals surface area contributed by atoms with Gasteiger partial charge in [-0.3, -0.25) is 19.6 Å². The molecule has 0 saturated heterocycles. The van der Waals surface area contributed by atoms with Gasteiger partial charge in [-0.25, -0.2) is 0 Å². The van der Waals surface area contributed by atoms with E-state index in [0.717, 1.165) is 24.1 Å². The molecule has 0 atom stereocenters. The van der Waals surface area contributed by atoms with E-state index in [-0.39, 0.29) is 23.3 Å². The summed E-state index contributed by atoms with van der Waals surface area (Å²) in [5.41, 5.74) is 1.84. The van der Waals surface area contributed by atoms with Gasteiger partial charge < -0.3 is 10.4 Å². The van der Waals surface area contributed by atoms with Crippen molar-refractivity contribution in [2.45, 2.75) is 19.4 Å². The predicted molar refractivity (Wildman–Crippen MR) is 105 cm³/mol. The van der Waals surface area contributed by atoms with Crippen molar-refractivity contribution >= 4 is 28.6 Å². The Morgan fingerprint density at radius 3 is 2.74 bits per heavy atom. The zero-order chi connectivity index (χ0) is 18.8. The molecule has 1 aliphatic carbocycles. The van der Waals surface area contributed by atoms with Crippen molar-refractivity contribution in [1.82, 2.24) is 4.98 Å². The van der Waals surface area contributed by atoms with Crippen molar-refractivity contribution < 1.29 is 9.90 Å². The fourth-order valence-electron chi connectivity index (χ4n) is 3.00. The molecule has 136 valence electrons. The highest BCUT2D eigenvalue weighted by atomic mass is 16.3. The molecule has 3 aromatic rings. The number of carbonyl (C=O) groups excluding carboxylic acids is 1. The summed E-state index contributed by atoms with van der Waals surface area (Å²) >= 11 is 0. The Kier molecular flexibility index (Phi) is 4.46. The maximum atomic E-state index is 11.9. The Labute approximate surface area is 155 Å². The molecule has 6 nitrogen and oxygen atoms in total. The van der Waals surface area contributed by atoms with Gasteiger partial charge in [0.05, 0.1) is 12.1 Å². The number of fused-ring (bicyclic) bond motifs is 1. The number of H-pyrrole nitrogens is 1. The van der Waals surface area contributed by atoms with Gasteiger partial charge in [-0.15, -0.1) is 0 Å². The monoisotopic (exact) mass is 361 g/mol. The van der Waals surface area contributed by atoms with E-state index in [1.165, 1.54) is 0 Å². The van der Waals surface area contributed by atoms with Crippen LogP contribution in [0.25, 0.3) is 10.8 Å².